The highest BCUT2D eigenvalue weighted by molar-refractivity contribution is 5.98. The molecular formula is C28H31N3O4. The van der Waals surface area contributed by atoms with Gasteiger partial charge in [0.25, 0.3) is 5.91 Å². The summed E-state index contributed by atoms with van der Waals surface area (Å²) in [5.74, 6) is 0.0916. The minimum Gasteiger partial charge on any atom is -0.368 e. The molecule has 3 amide bonds. The fourth-order valence-corrected chi connectivity index (χ4v) is 4.62. The predicted octanol–water partition coefficient (Wildman–Crippen LogP) is 4.31. The number of carbonyl (C=O) groups is 3. The molecular weight excluding hydrogens is 442 g/mol. The van der Waals surface area contributed by atoms with E-state index in [2.05, 4.69) is 10.6 Å². The minimum atomic E-state index is -0.441. The van der Waals surface area contributed by atoms with Gasteiger partial charge in [0, 0.05) is 30.4 Å². The number of likely N-dealkylation sites (tertiary alicyclic amines) is 1. The van der Waals surface area contributed by atoms with Gasteiger partial charge in [-0.1, -0.05) is 36.4 Å². The van der Waals surface area contributed by atoms with Crippen LogP contribution in [0.3, 0.4) is 0 Å². The predicted molar refractivity (Wildman–Crippen MR) is 136 cm³/mol. The molecule has 182 valence electrons. The molecule has 5 rings (SSSR count). The molecule has 2 aliphatic heterocycles. The van der Waals surface area contributed by atoms with E-state index in [4.69, 9.17) is 4.74 Å². The third-order valence-electron chi connectivity index (χ3n) is 6.82. The van der Waals surface area contributed by atoms with Gasteiger partial charge in [-0.05, 0) is 73.9 Å². The Morgan fingerprint density at radius 2 is 1.37 bits per heavy atom. The third-order valence-corrected chi connectivity index (χ3v) is 6.82. The van der Waals surface area contributed by atoms with Gasteiger partial charge in [-0.2, -0.15) is 0 Å². The summed E-state index contributed by atoms with van der Waals surface area (Å²) in [5.41, 5.74) is 3.56. The molecule has 2 aromatic rings. The van der Waals surface area contributed by atoms with Gasteiger partial charge in [-0.25, -0.2) is 0 Å². The Balaban J connectivity index is 1.14. The fourth-order valence-electron chi connectivity index (χ4n) is 4.62. The summed E-state index contributed by atoms with van der Waals surface area (Å²) < 4.78 is 5.53. The maximum atomic E-state index is 12.9. The van der Waals surface area contributed by atoms with E-state index in [-0.39, 0.29) is 23.6 Å². The minimum absolute atomic E-state index is 0.0565. The Labute approximate surface area is 205 Å². The van der Waals surface area contributed by atoms with Crippen LogP contribution in [0.4, 0.5) is 11.4 Å². The molecule has 2 heterocycles. The van der Waals surface area contributed by atoms with Crippen molar-refractivity contribution in [1.29, 1.82) is 0 Å². The number of hydrogen-bond donors (Lipinski definition) is 2. The highest BCUT2D eigenvalue weighted by atomic mass is 16.5. The average molecular weight is 474 g/mol. The van der Waals surface area contributed by atoms with Crippen molar-refractivity contribution >= 4 is 41.2 Å². The second-order valence-electron chi connectivity index (χ2n) is 9.52. The van der Waals surface area contributed by atoms with Crippen LogP contribution >= 0.6 is 0 Å². The van der Waals surface area contributed by atoms with Crippen LogP contribution in [-0.2, 0) is 19.1 Å². The Bertz CT molecular complexity index is 1100. The van der Waals surface area contributed by atoms with Crippen molar-refractivity contribution in [3.63, 3.8) is 0 Å². The van der Waals surface area contributed by atoms with E-state index in [9.17, 15) is 14.4 Å². The topological polar surface area (TPSA) is 87.7 Å². The van der Waals surface area contributed by atoms with Gasteiger partial charge in [-0.15, -0.1) is 0 Å². The van der Waals surface area contributed by atoms with E-state index < -0.39 is 12.1 Å². The molecule has 0 bridgehead atoms. The summed E-state index contributed by atoms with van der Waals surface area (Å²) >= 11 is 0. The molecule has 0 aromatic heterocycles. The molecule has 7 heteroatoms. The molecule has 2 saturated heterocycles. The lowest BCUT2D eigenvalue weighted by Gasteiger charge is -2.26. The van der Waals surface area contributed by atoms with Crippen LogP contribution in [0.5, 0.6) is 0 Å². The number of anilines is 2. The fraction of sp³-hybridized carbons (Fsp3) is 0.393. The zero-order valence-electron chi connectivity index (χ0n) is 19.7. The zero-order chi connectivity index (χ0) is 24.2. The number of amides is 3. The van der Waals surface area contributed by atoms with Crippen LogP contribution in [-0.4, -0.2) is 47.9 Å². The Morgan fingerprint density at radius 3 is 1.91 bits per heavy atom. The first-order valence-corrected chi connectivity index (χ1v) is 12.5. The molecule has 0 radical (unpaired) electrons. The van der Waals surface area contributed by atoms with E-state index in [1.807, 2.05) is 60.7 Å². The highest BCUT2D eigenvalue weighted by Crippen LogP contribution is 2.30. The maximum Gasteiger partial charge on any atom is 0.252 e. The maximum absolute atomic E-state index is 12.9. The van der Waals surface area contributed by atoms with Gasteiger partial charge in [0.1, 0.15) is 12.1 Å². The van der Waals surface area contributed by atoms with Gasteiger partial charge in [0.2, 0.25) is 11.8 Å². The summed E-state index contributed by atoms with van der Waals surface area (Å²) in [7, 11) is 0. The zero-order valence-corrected chi connectivity index (χ0v) is 19.7. The van der Waals surface area contributed by atoms with Gasteiger partial charge in [0.05, 0.1) is 0 Å². The van der Waals surface area contributed by atoms with Crippen molar-refractivity contribution in [3.05, 3.63) is 59.7 Å². The first-order chi connectivity index (χ1) is 17.1. The third kappa shape index (κ3) is 5.80. The van der Waals surface area contributed by atoms with Crippen LogP contribution in [0.2, 0.25) is 0 Å². The molecule has 1 saturated carbocycles. The summed E-state index contributed by atoms with van der Waals surface area (Å²) in [6.07, 6.45) is 8.73. The van der Waals surface area contributed by atoms with Crippen molar-refractivity contribution in [2.24, 2.45) is 5.92 Å². The quantitative estimate of drug-likeness (QED) is 0.587. The largest absolute Gasteiger partial charge is 0.368 e. The molecule has 0 spiro atoms. The van der Waals surface area contributed by atoms with Crippen LogP contribution in [0.15, 0.2) is 48.5 Å². The van der Waals surface area contributed by atoms with Crippen molar-refractivity contribution in [2.45, 2.75) is 50.7 Å². The molecule has 2 aromatic carbocycles. The molecule has 7 nitrogen and oxygen atoms in total. The Kier molecular flexibility index (Phi) is 6.95. The van der Waals surface area contributed by atoms with E-state index >= 15 is 0 Å². The molecule has 35 heavy (non-hydrogen) atoms. The van der Waals surface area contributed by atoms with Gasteiger partial charge in [0.15, 0.2) is 0 Å². The van der Waals surface area contributed by atoms with E-state index in [1.165, 1.54) is 0 Å². The average Bonchev–Trinajstić information content (AvgIpc) is 3.37. The summed E-state index contributed by atoms with van der Waals surface area (Å²) in [4.78, 5) is 39.2. The van der Waals surface area contributed by atoms with Gasteiger partial charge in [-0.3, -0.25) is 14.4 Å². The summed E-state index contributed by atoms with van der Waals surface area (Å²) in [6.45, 7) is 1.22. The van der Waals surface area contributed by atoms with Crippen molar-refractivity contribution < 1.29 is 19.1 Å². The lowest BCUT2D eigenvalue weighted by Crippen LogP contribution is -2.47. The number of carbonyl (C=O) groups excluding carboxylic acids is 3. The van der Waals surface area contributed by atoms with Crippen LogP contribution in [0.1, 0.15) is 49.7 Å². The molecule has 2 atom stereocenters. The molecule has 1 aliphatic carbocycles. The number of hydrogen-bond acceptors (Lipinski definition) is 4. The second-order valence-corrected chi connectivity index (χ2v) is 9.52. The number of benzene rings is 2. The lowest BCUT2D eigenvalue weighted by atomic mass is 10.1. The normalized spacial score (nSPS) is 21.9. The summed E-state index contributed by atoms with van der Waals surface area (Å²) in [6, 6.07) is 15.0. The molecule has 3 aliphatic rings. The smallest absolute Gasteiger partial charge is 0.252 e. The van der Waals surface area contributed by atoms with Crippen molar-refractivity contribution in [1.82, 2.24) is 4.90 Å². The Morgan fingerprint density at radius 1 is 0.771 bits per heavy atom. The van der Waals surface area contributed by atoms with Crippen molar-refractivity contribution in [2.75, 3.05) is 23.8 Å². The van der Waals surface area contributed by atoms with Crippen LogP contribution in [0.25, 0.3) is 12.2 Å². The van der Waals surface area contributed by atoms with E-state index in [0.29, 0.717) is 25.3 Å². The number of nitrogens with zero attached hydrogens (tertiary/aromatic N) is 1. The first kappa shape index (κ1) is 23.3. The monoisotopic (exact) mass is 473 g/mol. The molecule has 2 N–H and O–H groups in total. The number of ether oxygens (including phenoxy) is 1. The Hall–Kier alpha value is -3.45. The lowest BCUT2D eigenvalue weighted by molar-refractivity contribution is -0.144. The number of nitrogens with one attached hydrogen (secondary N) is 2. The van der Waals surface area contributed by atoms with E-state index in [1.54, 1.807) is 4.90 Å². The van der Waals surface area contributed by atoms with Gasteiger partial charge >= 0.3 is 0 Å². The van der Waals surface area contributed by atoms with E-state index in [0.717, 1.165) is 48.9 Å². The molecule has 0 unspecified atom stereocenters. The second kappa shape index (κ2) is 10.4. The van der Waals surface area contributed by atoms with Gasteiger partial charge < -0.3 is 20.3 Å². The SMILES string of the molecule is O=C(Nc1ccc(C=Cc2ccc(NC(=O)[C@@H]3CCCN3C(=O)[C@H]3CCCO3)cc2)cc1)C1CC1. The highest BCUT2D eigenvalue weighted by Gasteiger charge is 2.38. The van der Waals surface area contributed by atoms with Crippen molar-refractivity contribution in [3.8, 4) is 0 Å². The standard InChI is InChI=1S/C28H31N3O4/c32-26(21-11-12-21)29-22-13-7-19(8-14-22)5-6-20-9-15-23(16-10-20)30-27(33)24-3-1-17-31(24)28(34)25-4-2-18-35-25/h5-10,13-16,21,24-25H,1-4,11-12,17-18H2,(H,29,32)(H,30,33)/t24-,25+/m0/s1. The summed E-state index contributed by atoms with van der Waals surface area (Å²) in [5, 5.41) is 5.91. The first-order valence-electron chi connectivity index (χ1n) is 12.5. The molecule has 3 fully saturated rings. The van der Waals surface area contributed by atoms with Crippen LogP contribution < -0.4 is 10.6 Å². The number of rotatable bonds is 7. The van der Waals surface area contributed by atoms with Crippen LogP contribution in [0, 0.1) is 5.92 Å².